The van der Waals surface area contributed by atoms with E-state index < -0.39 is 0 Å². The van der Waals surface area contributed by atoms with Crippen LogP contribution in [0.5, 0.6) is 0 Å². The van der Waals surface area contributed by atoms with E-state index in [1.165, 1.54) is 11.3 Å². The summed E-state index contributed by atoms with van der Waals surface area (Å²) < 4.78 is 2.24. The highest BCUT2D eigenvalue weighted by Crippen LogP contribution is 2.02. The van der Waals surface area contributed by atoms with Crippen LogP contribution >= 0.6 is 0 Å². The third-order valence-corrected chi connectivity index (χ3v) is 2.71. The molecule has 0 saturated heterocycles. The van der Waals surface area contributed by atoms with Gasteiger partial charge in [-0.05, 0) is 6.07 Å². The standard InChI is InChI=1S/C15H16N.ClH/c1-3-14-10-9-13(2)16(11-14)12-15-7-5-4-6-8-15;/h3-11H,1,12H2,2H3;1H/q+1;/p-1. The van der Waals surface area contributed by atoms with Crippen LogP contribution in [0, 0.1) is 6.92 Å². The Hall–Kier alpha value is -1.60. The van der Waals surface area contributed by atoms with Crippen LogP contribution in [0.15, 0.2) is 55.2 Å². The van der Waals surface area contributed by atoms with E-state index in [-0.39, 0.29) is 12.4 Å². The summed E-state index contributed by atoms with van der Waals surface area (Å²) in [6, 6.07) is 14.7. The minimum Gasteiger partial charge on any atom is -1.00 e. The van der Waals surface area contributed by atoms with Gasteiger partial charge in [0.05, 0.1) is 0 Å². The molecule has 1 aromatic heterocycles. The SMILES string of the molecule is C=Cc1ccc(C)[n+](Cc2ccccc2)c1.[Cl-]. The molecular weight excluding hydrogens is 230 g/mol. The lowest BCUT2D eigenvalue weighted by molar-refractivity contribution is -0.694. The largest absolute Gasteiger partial charge is 1.00 e. The predicted molar refractivity (Wildman–Crippen MR) is 67.0 cm³/mol. The van der Waals surface area contributed by atoms with Crippen LogP contribution in [0.2, 0.25) is 0 Å². The van der Waals surface area contributed by atoms with Crippen molar-refractivity contribution in [1.82, 2.24) is 0 Å². The lowest BCUT2D eigenvalue weighted by atomic mass is 10.2. The van der Waals surface area contributed by atoms with E-state index in [1.54, 1.807) is 0 Å². The van der Waals surface area contributed by atoms with E-state index in [0.29, 0.717) is 0 Å². The van der Waals surface area contributed by atoms with Crippen LogP contribution in [0.1, 0.15) is 16.8 Å². The molecule has 0 fully saturated rings. The highest BCUT2D eigenvalue weighted by molar-refractivity contribution is 5.43. The molecule has 0 saturated carbocycles. The Morgan fingerprint density at radius 3 is 2.47 bits per heavy atom. The van der Waals surface area contributed by atoms with Gasteiger partial charge in [-0.3, -0.25) is 0 Å². The van der Waals surface area contributed by atoms with E-state index in [1.807, 2.05) is 12.1 Å². The number of aryl methyl sites for hydroxylation is 1. The zero-order valence-corrected chi connectivity index (χ0v) is 10.7. The normalized spacial score (nSPS) is 9.47. The van der Waals surface area contributed by atoms with Gasteiger partial charge in [-0.1, -0.05) is 43.0 Å². The molecule has 0 bridgehead atoms. The van der Waals surface area contributed by atoms with Gasteiger partial charge in [-0.25, -0.2) is 0 Å². The summed E-state index contributed by atoms with van der Waals surface area (Å²) in [7, 11) is 0. The molecule has 0 spiro atoms. The van der Waals surface area contributed by atoms with Gasteiger partial charge in [-0.15, -0.1) is 0 Å². The highest BCUT2D eigenvalue weighted by Gasteiger charge is 2.07. The van der Waals surface area contributed by atoms with Crippen LogP contribution in [0.25, 0.3) is 6.08 Å². The van der Waals surface area contributed by atoms with Crippen molar-refractivity contribution in [2.45, 2.75) is 13.5 Å². The maximum absolute atomic E-state index is 3.80. The summed E-state index contributed by atoms with van der Waals surface area (Å²) in [5.74, 6) is 0. The van der Waals surface area contributed by atoms with Crippen molar-refractivity contribution in [2.24, 2.45) is 0 Å². The molecule has 0 amide bonds. The molecule has 1 heterocycles. The minimum atomic E-state index is 0. The Balaban J connectivity index is 0.00000144. The number of hydrogen-bond acceptors (Lipinski definition) is 0. The Kier molecular flexibility index (Phi) is 4.92. The van der Waals surface area contributed by atoms with Crippen LogP contribution in [0.4, 0.5) is 0 Å². The van der Waals surface area contributed by atoms with Gasteiger partial charge in [0.2, 0.25) is 0 Å². The number of nitrogens with zero attached hydrogens (tertiary/aromatic N) is 1. The molecular formula is C15H16ClN. The molecule has 0 aliphatic heterocycles. The average Bonchev–Trinajstić information content (AvgIpc) is 2.33. The van der Waals surface area contributed by atoms with Crippen molar-refractivity contribution in [3.63, 3.8) is 0 Å². The van der Waals surface area contributed by atoms with Crippen molar-refractivity contribution in [3.8, 4) is 0 Å². The number of rotatable bonds is 3. The van der Waals surface area contributed by atoms with Crippen molar-refractivity contribution in [2.75, 3.05) is 0 Å². The Morgan fingerprint density at radius 2 is 1.82 bits per heavy atom. The molecule has 2 rings (SSSR count). The molecule has 0 atom stereocenters. The van der Waals surface area contributed by atoms with Gasteiger partial charge in [-0.2, -0.15) is 4.57 Å². The number of hydrogen-bond donors (Lipinski definition) is 0. The fourth-order valence-electron chi connectivity index (χ4n) is 1.71. The van der Waals surface area contributed by atoms with Gasteiger partial charge < -0.3 is 12.4 Å². The average molecular weight is 246 g/mol. The third kappa shape index (κ3) is 3.43. The first kappa shape index (κ1) is 13.5. The molecule has 0 aliphatic carbocycles. The second kappa shape index (κ2) is 6.21. The zero-order chi connectivity index (χ0) is 11.4. The summed E-state index contributed by atoms with van der Waals surface area (Å²) in [6.07, 6.45) is 4.01. The smallest absolute Gasteiger partial charge is 0.178 e. The second-order valence-corrected chi connectivity index (χ2v) is 3.92. The molecule has 0 aliphatic rings. The summed E-state index contributed by atoms with van der Waals surface area (Å²) >= 11 is 0. The molecule has 88 valence electrons. The number of benzene rings is 1. The Labute approximate surface area is 109 Å². The molecule has 0 unspecified atom stereocenters. The van der Waals surface area contributed by atoms with Gasteiger partial charge >= 0.3 is 0 Å². The molecule has 2 aromatic rings. The van der Waals surface area contributed by atoms with Crippen LogP contribution in [0.3, 0.4) is 0 Å². The lowest BCUT2D eigenvalue weighted by Gasteiger charge is -2.01. The van der Waals surface area contributed by atoms with Gasteiger partial charge in [0, 0.05) is 24.1 Å². The van der Waals surface area contributed by atoms with Crippen molar-refractivity contribution in [3.05, 3.63) is 72.1 Å². The van der Waals surface area contributed by atoms with Crippen LogP contribution < -0.4 is 17.0 Å². The van der Waals surface area contributed by atoms with Crippen LogP contribution in [-0.4, -0.2) is 0 Å². The Morgan fingerprint density at radius 1 is 1.12 bits per heavy atom. The maximum Gasteiger partial charge on any atom is 0.178 e. The molecule has 0 radical (unpaired) electrons. The zero-order valence-electron chi connectivity index (χ0n) is 9.94. The molecule has 1 nitrogen and oxygen atoms in total. The number of pyridine rings is 1. The summed E-state index contributed by atoms with van der Waals surface area (Å²) in [6.45, 7) is 6.83. The topological polar surface area (TPSA) is 3.88 Å². The van der Waals surface area contributed by atoms with Gasteiger partial charge in [0.1, 0.15) is 0 Å². The van der Waals surface area contributed by atoms with E-state index in [9.17, 15) is 0 Å². The summed E-state index contributed by atoms with van der Waals surface area (Å²) in [5.41, 5.74) is 3.73. The van der Waals surface area contributed by atoms with Gasteiger partial charge in [0.15, 0.2) is 18.4 Å². The fourth-order valence-corrected chi connectivity index (χ4v) is 1.71. The molecule has 17 heavy (non-hydrogen) atoms. The van der Waals surface area contributed by atoms with E-state index >= 15 is 0 Å². The Bertz CT molecular complexity index is 492. The maximum atomic E-state index is 3.80. The third-order valence-electron chi connectivity index (χ3n) is 2.71. The molecule has 1 aromatic carbocycles. The van der Waals surface area contributed by atoms with Gasteiger partial charge in [0.25, 0.3) is 0 Å². The van der Waals surface area contributed by atoms with Crippen molar-refractivity contribution in [1.29, 1.82) is 0 Å². The fraction of sp³-hybridized carbons (Fsp3) is 0.133. The number of halogens is 1. The summed E-state index contributed by atoms with van der Waals surface area (Å²) in [5, 5.41) is 0. The van der Waals surface area contributed by atoms with Crippen molar-refractivity contribution >= 4 is 6.08 Å². The molecule has 0 N–H and O–H groups in total. The summed E-state index contributed by atoms with van der Waals surface area (Å²) in [4.78, 5) is 0. The second-order valence-electron chi connectivity index (χ2n) is 3.92. The first-order valence-electron chi connectivity index (χ1n) is 5.46. The lowest BCUT2D eigenvalue weighted by Crippen LogP contribution is -3.00. The highest BCUT2D eigenvalue weighted by atomic mass is 35.5. The van der Waals surface area contributed by atoms with Crippen molar-refractivity contribution < 1.29 is 17.0 Å². The van der Waals surface area contributed by atoms with Crippen LogP contribution in [-0.2, 0) is 6.54 Å². The monoisotopic (exact) mass is 245 g/mol. The number of aromatic nitrogens is 1. The predicted octanol–water partition coefficient (Wildman–Crippen LogP) is -0.0222. The van der Waals surface area contributed by atoms with E-state index in [0.717, 1.165) is 12.1 Å². The quantitative estimate of drug-likeness (QED) is 0.670. The van der Waals surface area contributed by atoms with E-state index in [4.69, 9.17) is 0 Å². The minimum absolute atomic E-state index is 0. The first-order valence-corrected chi connectivity index (χ1v) is 5.46. The molecule has 2 heteroatoms. The first-order chi connectivity index (χ1) is 7.79. The van der Waals surface area contributed by atoms with E-state index in [2.05, 4.69) is 60.7 Å².